The van der Waals surface area contributed by atoms with Crippen molar-refractivity contribution in [2.75, 3.05) is 19.6 Å². The summed E-state index contributed by atoms with van der Waals surface area (Å²) >= 11 is 0. The van der Waals surface area contributed by atoms with E-state index in [1.54, 1.807) is 0 Å². The second-order valence-corrected chi connectivity index (χ2v) is 5.47. The Morgan fingerprint density at radius 3 is 2.21 bits per heavy atom. The van der Waals surface area contributed by atoms with Crippen molar-refractivity contribution >= 4 is 0 Å². The van der Waals surface area contributed by atoms with Crippen molar-refractivity contribution in [1.82, 2.24) is 4.90 Å². The fourth-order valence-corrected chi connectivity index (χ4v) is 3.78. The van der Waals surface area contributed by atoms with Crippen LogP contribution in [0, 0.1) is 17.8 Å². The zero-order valence-corrected chi connectivity index (χ0v) is 8.99. The van der Waals surface area contributed by atoms with E-state index in [4.69, 9.17) is 5.73 Å². The van der Waals surface area contributed by atoms with Gasteiger partial charge in [-0.15, -0.1) is 0 Å². The lowest BCUT2D eigenvalue weighted by molar-refractivity contribution is 0.166. The first-order valence-electron chi connectivity index (χ1n) is 6.34. The van der Waals surface area contributed by atoms with Gasteiger partial charge in [0.25, 0.3) is 0 Å². The fraction of sp³-hybridized carbons (Fsp3) is 1.00. The van der Waals surface area contributed by atoms with E-state index in [2.05, 4.69) is 4.90 Å². The quantitative estimate of drug-likeness (QED) is 0.721. The van der Waals surface area contributed by atoms with Gasteiger partial charge in [0.1, 0.15) is 0 Å². The molecule has 0 amide bonds. The summed E-state index contributed by atoms with van der Waals surface area (Å²) in [5.41, 5.74) is 5.73. The first-order valence-corrected chi connectivity index (χ1v) is 6.34. The van der Waals surface area contributed by atoms with Crippen LogP contribution in [-0.2, 0) is 0 Å². The standard InChI is InChI=1S/C12H22N2/c13-6-10-11-7-14(8-12(10)11)9-4-2-1-3-5-9/h9-12H,1-8,13H2. The summed E-state index contributed by atoms with van der Waals surface area (Å²) < 4.78 is 0. The maximum Gasteiger partial charge on any atom is 0.00954 e. The van der Waals surface area contributed by atoms with E-state index in [1.807, 2.05) is 0 Å². The molecule has 3 fully saturated rings. The van der Waals surface area contributed by atoms with Crippen LogP contribution in [0.5, 0.6) is 0 Å². The zero-order valence-electron chi connectivity index (χ0n) is 8.99. The minimum atomic E-state index is 0.898. The smallest absolute Gasteiger partial charge is 0.00954 e. The second-order valence-electron chi connectivity index (χ2n) is 5.47. The Balaban J connectivity index is 1.53. The molecule has 0 bridgehead atoms. The van der Waals surface area contributed by atoms with Gasteiger partial charge in [-0.2, -0.15) is 0 Å². The van der Waals surface area contributed by atoms with Crippen LogP contribution in [0.4, 0.5) is 0 Å². The molecule has 1 saturated heterocycles. The Kier molecular flexibility index (Phi) is 2.29. The van der Waals surface area contributed by atoms with Gasteiger partial charge >= 0.3 is 0 Å². The maximum absolute atomic E-state index is 5.73. The third-order valence-electron chi connectivity index (χ3n) is 4.76. The van der Waals surface area contributed by atoms with Gasteiger partial charge in [-0.3, -0.25) is 4.90 Å². The van der Waals surface area contributed by atoms with E-state index in [1.165, 1.54) is 45.2 Å². The molecule has 2 saturated carbocycles. The molecule has 3 aliphatic rings. The molecule has 2 N–H and O–H groups in total. The first kappa shape index (κ1) is 9.17. The highest BCUT2D eigenvalue weighted by Gasteiger charge is 2.55. The van der Waals surface area contributed by atoms with E-state index < -0.39 is 0 Å². The van der Waals surface area contributed by atoms with Crippen LogP contribution in [0.15, 0.2) is 0 Å². The number of nitrogens with two attached hydrogens (primary N) is 1. The number of fused-ring (bicyclic) bond motifs is 1. The highest BCUT2D eigenvalue weighted by atomic mass is 15.2. The van der Waals surface area contributed by atoms with Crippen LogP contribution in [-0.4, -0.2) is 30.6 Å². The molecule has 3 rings (SSSR count). The van der Waals surface area contributed by atoms with Crippen LogP contribution in [0.25, 0.3) is 0 Å². The van der Waals surface area contributed by atoms with E-state index in [0.717, 1.165) is 30.3 Å². The fourth-order valence-electron chi connectivity index (χ4n) is 3.78. The highest BCUT2D eigenvalue weighted by molar-refractivity contribution is 5.06. The zero-order chi connectivity index (χ0) is 9.54. The van der Waals surface area contributed by atoms with Crippen LogP contribution in [0.3, 0.4) is 0 Å². The average molecular weight is 194 g/mol. The van der Waals surface area contributed by atoms with Gasteiger partial charge in [0.05, 0.1) is 0 Å². The van der Waals surface area contributed by atoms with Crippen LogP contribution >= 0.6 is 0 Å². The normalized spacial score (nSPS) is 43.9. The van der Waals surface area contributed by atoms with E-state index >= 15 is 0 Å². The molecule has 2 unspecified atom stereocenters. The van der Waals surface area contributed by atoms with Crippen molar-refractivity contribution in [3.63, 3.8) is 0 Å². The molecule has 0 aromatic heterocycles. The maximum atomic E-state index is 5.73. The molecule has 0 aromatic rings. The molecule has 0 radical (unpaired) electrons. The molecule has 1 aliphatic heterocycles. The van der Waals surface area contributed by atoms with Crippen molar-refractivity contribution in [2.45, 2.75) is 38.1 Å². The van der Waals surface area contributed by atoms with Gasteiger partial charge in [0.15, 0.2) is 0 Å². The van der Waals surface area contributed by atoms with Gasteiger partial charge in [-0.1, -0.05) is 19.3 Å². The molecular weight excluding hydrogens is 172 g/mol. The summed E-state index contributed by atoms with van der Waals surface area (Å²) in [6.07, 6.45) is 7.34. The van der Waals surface area contributed by atoms with Crippen LogP contribution in [0.2, 0.25) is 0 Å². The molecule has 0 spiro atoms. The summed E-state index contributed by atoms with van der Waals surface area (Å²) in [5.74, 6) is 2.87. The van der Waals surface area contributed by atoms with Crippen molar-refractivity contribution in [2.24, 2.45) is 23.5 Å². The Morgan fingerprint density at radius 1 is 1.00 bits per heavy atom. The lowest BCUT2D eigenvalue weighted by atomic mass is 9.94. The summed E-state index contributed by atoms with van der Waals surface area (Å²) in [7, 11) is 0. The summed E-state index contributed by atoms with van der Waals surface area (Å²) in [6.45, 7) is 3.68. The minimum absolute atomic E-state index is 0.898. The summed E-state index contributed by atoms with van der Waals surface area (Å²) in [5, 5.41) is 0. The summed E-state index contributed by atoms with van der Waals surface area (Å²) in [6, 6.07) is 0.940. The molecule has 80 valence electrons. The Bertz CT molecular complexity index is 198. The molecule has 2 nitrogen and oxygen atoms in total. The Labute approximate surface area is 86.8 Å². The summed E-state index contributed by atoms with van der Waals surface area (Å²) in [4.78, 5) is 2.76. The first-order chi connectivity index (χ1) is 6.90. The number of likely N-dealkylation sites (tertiary alicyclic amines) is 1. The number of hydrogen-bond donors (Lipinski definition) is 1. The second kappa shape index (κ2) is 3.49. The Hall–Kier alpha value is -0.0800. The van der Waals surface area contributed by atoms with Gasteiger partial charge in [-0.25, -0.2) is 0 Å². The number of piperidine rings is 1. The van der Waals surface area contributed by atoms with Crippen molar-refractivity contribution in [3.05, 3.63) is 0 Å². The average Bonchev–Trinajstić information content (AvgIpc) is 2.72. The number of nitrogens with zero attached hydrogens (tertiary/aromatic N) is 1. The van der Waals surface area contributed by atoms with Crippen molar-refractivity contribution in [3.8, 4) is 0 Å². The van der Waals surface area contributed by atoms with Gasteiger partial charge in [0, 0.05) is 19.1 Å². The molecule has 2 heteroatoms. The topological polar surface area (TPSA) is 29.3 Å². The predicted molar refractivity (Wildman–Crippen MR) is 58.0 cm³/mol. The highest BCUT2D eigenvalue weighted by Crippen LogP contribution is 2.52. The third-order valence-corrected chi connectivity index (χ3v) is 4.76. The number of rotatable bonds is 2. The van der Waals surface area contributed by atoms with Gasteiger partial charge < -0.3 is 5.73 Å². The molecule has 0 aromatic carbocycles. The monoisotopic (exact) mass is 194 g/mol. The number of hydrogen-bond acceptors (Lipinski definition) is 2. The predicted octanol–water partition coefficient (Wildman–Crippen LogP) is 1.46. The van der Waals surface area contributed by atoms with Crippen molar-refractivity contribution in [1.29, 1.82) is 0 Å². The molecule has 14 heavy (non-hydrogen) atoms. The lowest BCUT2D eigenvalue weighted by Crippen LogP contribution is -2.37. The van der Waals surface area contributed by atoms with E-state index in [-0.39, 0.29) is 0 Å². The molecule has 2 atom stereocenters. The minimum Gasteiger partial charge on any atom is -0.330 e. The van der Waals surface area contributed by atoms with Crippen LogP contribution < -0.4 is 5.73 Å². The van der Waals surface area contributed by atoms with E-state index in [9.17, 15) is 0 Å². The molecule has 1 heterocycles. The van der Waals surface area contributed by atoms with E-state index in [0.29, 0.717) is 0 Å². The third kappa shape index (κ3) is 1.40. The SMILES string of the molecule is NCC1C2CN(C3CCCCC3)CC12. The largest absolute Gasteiger partial charge is 0.330 e. The molecule has 2 aliphatic carbocycles. The van der Waals surface area contributed by atoms with Gasteiger partial charge in [0.2, 0.25) is 0 Å². The lowest BCUT2D eigenvalue weighted by Gasteiger charge is -2.32. The molecular formula is C12H22N2. The van der Waals surface area contributed by atoms with Crippen LogP contribution in [0.1, 0.15) is 32.1 Å². The van der Waals surface area contributed by atoms with Gasteiger partial charge in [-0.05, 0) is 37.1 Å². The van der Waals surface area contributed by atoms with Crippen molar-refractivity contribution < 1.29 is 0 Å². The Morgan fingerprint density at radius 2 is 1.64 bits per heavy atom.